The minimum atomic E-state index is -3.41. The number of nitrogens with one attached hydrogen (secondary N) is 1. The summed E-state index contributed by atoms with van der Waals surface area (Å²) in [5.74, 6) is 0.598. The summed E-state index contributed by atoms with van der Waals surface area (Å²) in [6.45, 7) is 7.31. The van der Waals surface area contributed by atoms with Crippen LogP contribution in [0.3, 0.4) is 0 Å². The molecule has 1 atom stereocenters. The van der Waals surface area contributed by atoms with Crippen LogP contribution >= 0.6 is 0 Å². The van der Waals surface area contributed by atoms with Gasteiger partial charge in [0.25, 0.3) is 0 Å². The fourth-order valence-corrected chi connectivity index (χ4v) is 4.81. The molecule has 2 aromatic carbocycles. The zero-order valence-corrected chi connectivity index (χ0v) is 18.9. The molecule has 4 rings (SSSR count). The maximum Gasteiger partial charge on any atom is 0.175 e. The number of piperidine rings is 1. The summed E-state index contributed by atoms with van der Waals surface area (Å²) in [6, 6.07) is 10.7. The predicted octanol–water partition coefficient (Wildman–Crippen LogP) is 3.61. The van der Waals surface area contributed by atoms with Crippen LogP contribution in [-0.2, 0) is 9.84 Å². The molecule has 0 amide bonds. The molecule has 1 unspecified atom stereocenters. The van der Waals surface area contributed by atoms with Gasteiger partial charge in [-0.15, -0.1) is 10.2 Å². The largest absolute Gasteiger partial charge is 0.507 e. The van der Waals surface area contributed by atoms with Gasteiger partial charge in [0.15, 0.2) is 15.7 Å². The number of aromatic hydroxyl groups is 1. The smallest absolute Gasteiger partial charge is 0.175 e. The molecule has 1 aliphatic rings. The van der Waals surface area contributed by atoms with Gasteiger partial charge < -0.3 is 15.3 Å². The summed E-state index contributed by atoms with van der Waals surface area (Å²) >= 11 is 0. The molecule has 0 radical (unpaired) electrons. The molecule has 8 heteroatoms. The lowest BCUT2D eigenvalue weighted by atomic mass is 10.0. The third-order valence-electron chi connectivity index (χ3n) is 5.88. The Hall–Kier alpha value is -2.71. The fraction of sp³-hybridized carbons (Fsp3) is 0.391. The molecule has 7 nitrogen and oxygen atoms in total. The van der Waals surface area contributed by atoms with Gasteiger partial charge in [0.2, 0.25) is 0 Å². The van der Waals surface area contributed by atoms with Crippen molar-refractivity contribution in [3.05, 3.63) is 42.0 Å². The van der Waals surface area contributed by atoms with E-state index in [2.05, 4.69) is 27.3 Å². The fourth-order valence-electron chi connectivity index (χ4n) is 4.17. The number of likely N-dealkylation sites (tertiary alicyclic amines) is 1. The first-order valence-corrected chi connectivity index (χ1v) is 12.4. The Kier molecular flexibility index (Phi) is 5.85. The third kappa shape index (κ3) is 4.50. The molecular weight excluding hydrogens is 412 g/mol. The van der Waals surface area contributed by atoms with Gasteiger partial charge in [-0.3, -0.25) is 0 Å². The van der Waals surface area contributed by atoms with Crippen LogP contribution in [0.2, 0.25) is 0 Å². The molecule has 2 heterocycles. The number of fused-ring (bicyclic) bond motifs is 1. The highest BCUT2D eigenvalue weighted by Gasteiger charge is 2.21. The Balaban J connectivity index is 1.77. The van der Waals surface area contributed by atoms with Gasteiger partial charge >= 0.3 is 0 Å². The quantitative estimate of drug-likeness (QED) is 0.626. The topological polar surface area (TPSA) is 95.4 Å². The normalized spacial score (nSPS) is 17.7. The predicted molar refractivity (Wildman–Crippen MR) is 123 cm³/mol. The van der Waals surface area contributed by atoms with Crippen molar-refractivity contribution in [2.75, 3.05) is 31.2 Å². The number of hydrogen-bond acceptors (Lipinski definition) is 7. The molecule has 0 aliphatic carbocycles. The number of sulfone groups is 1. The Morgan fingerprint density at radius 2 is 1.97 bits per heavy atom. The highest BCUT2D eigenvalue weighted by molar-refractivity contribution is 7.90. The van der Waals surface area contributed by atoms with Crippen LogP contribution < -0.4 is 5.32 Å². The van der Waals surface area contributed by atoms with E-state index in [-0.39, 0.29) is 10.6 Å². The van der Waals surface area contributed by atoms with Gasteiger partial charge in [0, 0.05) is 35.2 Å². The van der Waals surface area contributed by atoms with E-state index >= 15 is 0 Å². The minimum Gasteiger partial charge on any atom is -0.507 e. The molecule has 164 valence electrons. The first-order chi connectivity index (χ1) is 14.8. The molecule has 1 fully saturated rings. The molecule has 0 saturated carbocycles. The molecular formula is C23H28N4O3S. The van der Waals surface area contributed by atoms with Crippen LogP contribution in [-0.4, -0.2) is 60.6 Å². The lowest BCUT2D eigenvalue weighted by molar-refractivity contribution is 0.226. The van der Waals surface area contributed by atoms with E-state index in [9.17, 15) is 13.5 Å². The average Bonchev–Trinajstić information content (AvgIpc) is 2.73. The first kappa shape index (κ1) is 21.5. The number of anilines is 1. The summed E-state index contributed by atoms with van der Waals surface area (Å²) in [5, 5.41) is 24.8. The van der Waals surface area contributed by atoms with Crippen LogP contribution in [0.4, 0.5) is 5.82 Å². The highest BCUT2D eigenvalue weighted by Crippen LogP contribution is 2.36. The van der Waals surface area contributed by atoms with Crippen molar-refractivity contribution >= 4 is 26.4 Å². The number of phenolic OH excluding ortho intramolecular Hbond substituents is 1. The van der Waals surface area contributed by atoms with Gasteiger partial charge in [-0.2, -0.15) is 0 Å². The van der Waals surface area contributed by atoms with Crippen molar-refractivity contribution in [2.24, 2.45) is 0 Å². The van der Waals surface area contributed by atoms with E-state index < -0.39 is 9.84 Å². The molecule has 1 aromatic heterocycles. The van der Waals surface area contributed by atoms with Crippen LogP contribution in [0.15, 0.2) is 41.3 Å². The summed E-state index contributed by atoms with van der Waals surface area (Å²) < 4.78 is 23.6. The molecule has 1 aliphatic heterocycles. The van der Waals surface area contributed by atoms with Crippen LogP contribution in [0.1, 0.15) is 25.3 Å². The van der Waals surface area contributed by atoms with Gasteiger partial charge in [0.1, 0.15) is 11.4 Å². The Bertz CT molecular complexity index is 1230. The van der Waals surface area contributed by atoms with Crippen molar-refractivity contribution in [1.82, 2.24) is 15.1 Å². The number of hydrogen-bond donors (Lipinski definition) is 2. The van der Waals surface area contributed by atoms with Crippen molar-refractivity contribution < 1.29 is 13.5 Å². The molecule has 0 bridgehead atoms. The van der Waals surface area contributed by atoms with Crippen LogP contribution in [0.5, 0.6) is 5.75 Å². The summed E-state index contributed by atoms with van der Waals surface area (Å²) in [7, 11) is -3.41. The standard InChI is InChI=1S/C23H28N4O3S/c1-4-27-11-5-6-16(14-27)24-23-18-9-7-15(2)12-20(18)22(25-26-23)19-10-8-17(13-21(19)28)31(3,29)30/h7-10,12-13,16,28H,4-6,11,14H2,1-3H3,(H,24,26). The van der Waals surface area contributed by atoms with Crippen LogP contribution in [0, 0.1) is 6.92 Å². The van der Waals surface area contributed by atoms with Crippen molar-refractivity contribution in [3.63, 3.8) is 0 Å². The first-order valence-electron chi connectivity index (χ1n) is 10.6. The summed E-state index contributed by atoms with van der Waals surface area (Å²) in [4.78, 5) is 2.50. The van der Waals surface area contributed by atoms with Gasteiger partial charge in [-0.1, -0.05) is 24.6 Å². The second kappa shape index (κ2) is 8.43. The minimum absolute atomic E-state index is 0.0678. The monoisotopic (exact) mass is 440 g/mol. The Labute approximate surface area is 183 Å². The molecule has 1 saturated heterocycles. The number of aromatic nitrogens is 2. The number of rotatable bonds is 5. The zero-order chi connectivity index (χ0) is 22.2. The second-order valence-electron chi connectivity index (χ2n) is 8.27. The van der Waals surface area contributed by atoms with E-state index in [0.29, 0.717) is 17.3 Å². The van der Waals surface area contributed by atoms with Crippen molar-refractivity contribution in [2.45, 2.75) is 37.6 Å². The lowest BCUT2D eigenvalue weighted by Gasteiger charge is -2.32. The third-order valence-corrected chi connectivity index (χ3v) is 6.99. The number of benzene rings is 2. The van der Waals surface area contributed by atoms with E-state index in [1.165, 1.54) is 12.1 Å². The van der Waals surface area contributed by atoms with E-state index in [0.717, 1.165) is 60.9 Å². The van der Waals surface area contributed by atoms with Crippen molar-refractivity contribution in [1.29, 1.82) is 0 Å². The zero-order valence-electron chi connectivity index (χ0n) is 18.1. The van der Waals surface area contributed by atoms with E-state index in [4.69, 9.17) is 0 Å². The number of likely N-dealkylation sites (N-methyl/N-ethyl adjacent to an activating group) is 1. The molecule has 3 aromatic rings. The van der Waals surface area contributed by atoms with Gasteiger partial charge in [0.05, 0.1) is 4.90 Å². The molecule has 0 spiro atoms. The number of aryl methyl sites for hydroxylation is 1. The summed E-state index contributed by atoms with van der Waals surface area (Å²) in [5.41, 5.74) is 2.05. The lowest BCUT2D eigenvalue weighted by Crippen LogP contribution is -2.42. The SMILES string of the molecule is CCN1CCCC(Nc2nnc(-c3ccc(S(C)(=O)=O)cc3O)c3cc(C)ccc23)C1. The molecule has 2 N–H and O–H groups in total. The maximum atomic E-state index is 11.8. The van der Waals surface area contributed by atoms with E-state index in [1.807, 2.05) is 25.1 Å². The second-order valence-corrected chi connectivity index (χ2v) is 10.3. The number of phenols is 1. The Morgan fingerprint density at radius 3 is 2.68 bits per heavy atom. The van der Waals surface area contributed by atoms with Gasteiger partial charge in [-0.05, 0) is 57.1 Å². The Morgan fingerprint density at radius 1 is 1.16 bits per heavy atom. The van der Waals surface area contributed by atoms with Crippen molar-refractivity contribution in [3.8, 4) is 17.0 Å². The van der Waals surface area contributed by atoms with E-state index in [1.54, 1.807) is 6.07 Å². The summed E-state index contributed by atoms with van der Waals surface area (Å²) in [6.07, 6.45) is 3.35. The highest BCUT2D eigenvalue weighted by atomic mass is 32.2. The molecule has 31 heavy (non-hydrogen) atoms. The van der Waals surface area contributed by atoms with Gasteiger partial charge in [-0.25, -0.2) is 8.42 Å². The van der Waals surface area contributed by atoms with Crippen LogP contribution in [0.25, 0.3) is 22.0 Å². The maximum absolute atomic E-state index is 11.8. The number of nitrogens with zero attached hydrogens (tertiary/aromatic N) is 3. The average molecular weight is 441 g/mol.